The summed E-state index contributed by atoms with van der Waals surface area (Å²) in [4.78, 5) is 38.1. The molecular formula is C22H19ClF2N8O3. The third kappa shape index (κ3) is 5.20. The smallest absolute Gasteiger partial charge is 0.345 e. The average Bonchev–Trinajstić information content (AvgIpc) is 3.43. The van der Waals surface area contributed by atoms with Gasteiger partial charge in [-0.2, -0.15) is 0 Å². The molecule has 0 unspecified atom stereocenters. The molecule has 5 aromatic heterocycles. The third-order valence-corrected chi connectivity index (χ3v) is 4.75. The molecule has 14 heteroatoms. The lowest BCUT2D eigenvalue weighted by Crippen LogP contribution is -2.21. The van der Waals surface area contributed by atoms with Crippen molar-refractivity contribution < 1.29 is 18.3 Å². The highest BCUT2D eigenvalue weighted by atomic mass is 35.5. The van der Waals surface area contributed by atoms with Crippen LogP contribution in [0.1, 0.15) is 23.0 Å². The summed E-state index contributed by atoms with van der Waals surface area (Å²) in [6.07, 6.45) is 6.51. The molecule has 0 atom stereocenters. The molecule has 4 N–H and O–H groups in total. The van der Waals surface area contributed by atoms with Crippen LogP contribution in [0.5, 0.6) is 0 Å². The molecule has 11 nitrogen and oxygen atoms in total. The Morgan fingerprint density at radius 2 is 1.64 bits per heavy atom. The van der Waals surface area contributed by atoms with E-state index in [1.807, 2.05) is 0 Å². The van der Waals surface area contributed by atoms with E-state index in [2.05, 4.69) is 19.9 Å². The number of amidine groups is 1. The van der Waals surface area contributed by atoms with E-state index in [1.54, 1.807) is 6.92 Å². The van der Waals surface area contributed by atoms with Gasteiger partial charge in [-0.15, -0.1) is 12.4 Å². The Kier molecular flexibility index (Phi) is 7.74. The monoisotopic (exact) mass is 516 g/mol. The summed E-state index contributed by atoms with van der Waals surface area (Å²) in [6.45, 7) is 1.80. The number of nitrogen functional groups attached to an aromatic ring is 1. The van der Waals surface area contributed by atoms with Crippen LogP contribution in [0.2, 0.25) is 0 Å². The van der Waals surface area contributed by atoms with Crippen LogP contribution < -0.4 is 11.3 Å². The molecule has 0 aromatic carbocycles. The van der Waals surface area contributed by atoms with Crippen LogP contribution in [0.4, 0.5) is 8.78 Å². The normalized spacial score (nSPS) is 10.4. The van der Waals surface area contributed by atoms with Crippen molar-refractivity contribution in [2.45, 2.75) is 6.92 Å². The summed E-state index contributed by atoms with van der Waals surface area (Å²) in [5.74, 6) is -1.52. The van der Waals surface area contributed by atoms with Gasteiger partial charge in [0.25, 0.3) is 5.56 Å². The zero-order chi connectivity index (χ0) is 25.1. The minimum atomic E-state index is -0.744. The number of aromatic nitrogens is 6. The Bertz CT molecular complexity index is 1630. The maximum atomic E-state index is 13.3. The second kappa shape index (κ2) is 10.7. The lowest BCUT2D eigenvalue weighted by molar-refractivity contribution is 0.0523. The number of hydrogen-bond donors (Lipinski definition) is 3. The summed E-state index contributed by atoms with van der Waals surface area (Å²) in [6, 6.07) is 5.63. The Balaban J connectivity index is 0.000000221. The van der Waals surface area contributed by atoms with Gasteiger partial charge in [-0.1, -0.05) is 0 Å². The Morgan fingerprint density at radius 3 is 2.25 bits per heavy atom. The lowest BCUT2D eigenvalue weighted by atomic mass is 10.3. The van der Waals surface area contributed by atoms with Crippen LogP contribution in [-0.4, -0.2) is 47.1 Å². The molecule has 5 rings (SSSR count). The summed E-state index contributed by atoms with van der Waals surface area (Å²) < 4.78 is 33.8. The second-order valence-corrected chi connectivity index (χ2v) is 7.05. The zero-order valence-electron chi connectivity index (χ0n) is 18.6. The van der Waals surface area contributed by atoms with Crippen molar-refractivity contribution in [3.8, 4) is 11.5 Å². The van der Waals surface area contributed by atoms with Crippen molar-refractivity contribution in [1.29, 1.82) is 5.41 Å². The van der Waals surface area contributed by atoms with Crippen molar-refractivity contribution >= 4 is 35.5 Å². The average molecular weight is 517 g/mol. The molecule has 36 heavy (non-hydrogen) atoms. The first-order chi connectivity index (χ1) is 16.8. The molecule has 0 fully saturated rings. The molecular weight excluding hydrogens is 498 g/mol. The Hall–Kier alpha value is -4.65. The molecule has 0 bridgehead atoms. The van der Waals surface area contributed by atoms with Crippen molar-refractivity contribution in [1.82, 2.24) is 28.7 Å². The highest BCUT2D eigenvalue weighted by Gasteiger charge is 2.15. The number of carbonyl (C=O) groups is 1. The van der Waals surface area contributed by atoms with E-state index in [4.69, 9.17) is 15.9 Å². The van der Waals surface area contributed by atoms with Gasteiger partial charge in [-0.3, -0.25) is 19.0 Å². The third-order valence-electron chi connectivity index (χ3n) is 4.75. The van der Waals surface area contributed by atoms with E-state index in [-0.39, 0.29) is 42.1 Å². The van der Waals surface area contributed by atoms with Crippen LogP contribution in [0.25, 0.3) is 22.8 Å². The molecule has 0 aliphatic heterocycles. The molecule has 186 valence electrons. The molecule has 0 spiro atoms. The predicted octanol–water partition coefficient (Wildman–Crippen LogP) is 2.58. The van der Waals surface area contributed by atoms with Crippen LogP contribution in [0.15, 0.2) is 60.0 Å². The number of ether oxygens (including phenoxy) is 1. The fraction of sp³-hybridized carbons (Fsp3) is 0.0909. The molecule has 5 aromatic rings. The molecule has 0 radical (unpaired) electrons. The predicted molar refractivity (Wildman–Crippen MR) is 128 cm³/mol. The van der Waals surface area contributed by atoms with Crippen molar-refractivity contribution in [3.05, 3.63) is 88.5 Å². The summed E-state index contributed by atoms with van der Waals surface area (Å²) >= 11 is 0. The highest BCUT2D eigenvalue weighted by molar-refractivity contribution is 5.93. The van der Waals surface area contributed by atoms with E-state index >= 15 is 0 Å². The number of nitrogens with zero attached hydrogens (tertiary/aromatic N) is 5. The fourth-order valence-electron chi connectivity index (χ4n) is 3.16. The van der Waals surface area contributed by atoms with Crippen LogP contribution in [-0.2, 0) is 4.74 Å². The number of nitrogens with one attached hydrogen (secondary N) is 2. The SMILES string of the molecule is CCOC(=O)c1cnc(-c2cnc3ccc(F)cn23)[nH]c1=O.Cl.N=C(N)c1cnc2ccc(F)cn12. The first-order valence-electron chi connectivity index (χ1n) is 10.1. The van der Waals surface area contributed by atoms with E-state index < -0.39 is 17.3 Å². The number of carbonyl (C=O) groups excluding carboxylic acids is 1. The summed E-state index contributed by atoms with van der Waals surface area (Å²) in [7, 11) is 0. The van der Waals surface area contributed by atoms with Gasteiger partial charge in [0.15, 0.2) is 5.82 Å². The maximum Gasteiger partial charge on any atom is 0.345 e. The van der Waals surface area contributed by atoms with E-state index in [0.29, 0.717) is 22.7 Å². The van der Waals surface area contributed by atoms with Gasteiger partial charge in [-0.25, -0.2) is 28.5 Å². The number of pyridine rings is 2. The number of H-pyrrole nitrogens is 1. The number of esters is 1. The highest BCUT2D eigenvalue weighted by Crippen LogP contribution is 2.16. The minimum absolute atomic E-state index is 0. The van der Waals surface area contributed by atoms with Crippen molar-refractivity contribution in [2.24, 2.45) is 5.73 Å². The number of imidazole rings is 2. The molecule has 0 amide bonds. The van der Waals surface area contributed by atoms with Gasteiger partial charge >= 0.3 is 5.97 Å². The van der Waals surface area contributed by atoms with Gasteiger partial charge in [0.1, 0.15) is 45.7 Å². The number of hydrogen-bond acceptors (Lipinski definition) is 7. The second-order valence-electron chi connectivity index (χ2n) is 7.05. The first kappa shape index (κ1) is 26.0. The van der Waals surface area contributed by atoms with Gasteiger partial charge in [0.2, 0.25) is 0 Å². The Morgan fingerprint density at radius 1 is 1.03 bits per heavy atom. The Labute approximate surface area is 207 Å². The van der Waals surface area contributed by atoms with Crippen molar-refractivity contribution in [2.75, 3.05) is 6.61 Å². The van der Waals surface area contributed by atoms with Gasteiger partial charge in [-0.05, 0) is 31.2 Å². The molecule has 5 heterocycles. The number of halogens is 3. The van der Waals surface area contributed by atoms with Crippen molar-refractivity contribution in [3.63, 3.8) is 0 Å². The summed E-state index contributed by atoms with van der Waals surface area (Å²) in [5.41, 5.74) is 6.34. The number of fused-ring (bicyclic) bond motifs is 2. The number of nitrogens with two attached hydrogens (primary N) is 1. The number of rotatable bonds is 4. The van der Waals surface area contributed by atoms with Crippen LogP contribution in [0, 0.1) is 17.0 Å². The van der Waals surface area contributed by atoms with Crippen LogP contribution >= 0.6 is 12.4 Å². The van der Waals surface area contributed by atoms with Gasteiger partial charge in [0.05, 0.1) is 19.0 Å². The molecule has 0 aliphatic carbocycles. The fourth-order valence-corrected chi connectivity index (χ4v) is 3.16. The largest absolute Gasteiger partial charge is 0.462 e. The van der Waals surface area contributed by atoms with Gasteiger partial charge in [0, 0.05) is 18.6 Å². The van der Waals surface area contributed by atoms with E-state index in [0.717, 1.165) is 6.20 Å². The zero-order valence-corrected chi connectivity index (χ0v) is 19.4. The molecule has 0 aliphatic rings. The topological polar surface area (TPSA) is 157 Å². The quantitative estimate of drug-likeness (QED) is 0.188. The van der Waals surface area contributed by atoms with Crippen LogP contribution in [0.3, 0.4) is 0 Å². The van der Waals surface area contributed by atoms with Gasteiger partial charge < -0.3 is 15.5 Å². The standard InChI is InChI=1S/C14H11FN4O3.C8H7FN4.ClH/c1-2-22-14(21)9-5-17-12(18-13(9)20)10-6-16-11-4-3-8(15)7-19(10)11;9-5-1-2-7-12-3-6(8(10)11)13(7)4-5;/h3-7H,2H2,1H3,(H,17,18,20);1-4H,(H3,10,11);1H. The summed E-state index contributed by atoms with van der Waals surface area (Å²) in [5, 5.41) is 7.20. The molecule has 0 saturated carbocycles. The van der Waals surface area contributed by atoms with E-state index in [1.165, 1.54) is 57.9 Å². The number of aromatic amines is 1. The lowest BCUT2D eigenvalue weighted by Gasteiger charge is -2.03. The molecule has 0 saturated heterocycles. The minimum Gasteiger partial charge on any atom is -0.462 e. The van der Waals surface area contributed by atoms with E-state index in [9.17, 15) is 18.4 Å². The maximum absolute atomic E-state index is 13.3. The first-order valence-corrected chi connectivity index (χ1v) is 10.1.